The number of benzene rings is 1. The number of ether oxygens (including phenoxy) is 1. The summed E-state index contributed by atoms with van der Waals surface area (Å²) >= 11 is 0. The summed E-state index contributed by atoms with van der Waals surface area (Å²) in [5.74, 6) is -0.385. The summed E-state index contributed by atoms with van der Waals surface area (Å²) < 4.78 is 18.0. The van der Waals surface area contributed by atoms with Gasteiger partial charge in [0.1, 0.15) is 5.82 Å². The first-order valence-corrected chi connectivity index (χ1v) is 3.94. The first-order chi connectivity index (χ1) is 6.15. The van der Waals surface area contributed by atoms with Gasteiger partial charge >= 0.3 is 0 Å². The van der Waals surface area contributed by atoms with E-state index in [0.29, 0.717) is 17.9 Å². The molecule has 0 saturated heterocycles. The molecule has 1 atom stereocenters. The summed E-state index contributed by atoms with van der Waals surface area (Å²) in [5, 5.41) is 0. The molecule has 0 aliphatic rings. The number of methoxy groups -OCH3 is 1. The van der Waals surface area contributed by atoms with Crippen molar-refractivity contribution >= 4 is 5.69 Å². The summed E-state index contributed by atoms with van der Waals surface area (Å²) in [5.41, 5.74) is 11.9. The Morgan fingerprint density at radius 2 is 2.23 bits per heavy atom. The van der Waals surface area contributed by atoms with Gasteiger partial charge in [-0.1, -0.05) is 6.07 Å². The van der Waals surface area contributed by atoms with Gasteiger partial charge in [-0.05, 0) is 12.1 Å². The molecule has 1 aromatic rings. The van der Waals surface area contributed by atoms with Crippen LogP contribution in [-0.2, 0) is 4.74 Å². The van der Waals surface area contributed by atoms with Gasteiger partial charge in [0, 0.05) is 18.4 Å². The van der Waals surface area contributed by atoms with Crippen LogP contribution >= 0.6 is 0 Å². The lowest BCUT2D eigenvalue weighted by molar-refractivity contribution is 0.179. The van der Waals surface area contributed by atoms with Crippen LogP contribution in [0.15, 0.2) is 18.2 Å². The fourth-order valence-corrected chi connectivity index (χ4v) is 1.11. The van der Waals surface area contributed by atoms with Crippen LogP contribution in [0.3, 0.4) is 0 Å². The molecule has 0 heterocycles. The third kappa shape index (κ3) is 2.40. The molecule has 3 nitrogen and oxygen atoms in total. The molecular formula is C9H13FN2O. The predicted octanol–water partition coefficient (Wildman–Crippen LogP) is 1.05. The highest BCUT2D eigenvalue weighted by Crippen LogP contribution is 2.17. The predicted molar refractivity (Wildman–Crippen MR) is 49.6 cm³/mol. The number of nitrogen functional groups attached to an aromatic ring is 1. The van der Waals surface area contributed by atoms with Crippen LogP contribution in [0.4, 0.5) is 10.1 Å². The molecule has 13 heavy (non-hydrogen) atoms. The Bertz CT molecular complexity index is 291. The van der Waals surface area contributed by atoms with Crippen molar-refractivity contribution in [3.8, 4) is 0 Å². The Hall–Kier alpha value is -1.13. The quantitative estimate of drug-likeness (QED) is 0.690. The maximum absolute atomic E-state index is 13.2. The molecule has 0 aliphatic carbocycles. The molecular weight excluding hydrogens is 171 g/mol. The van der Waals surface area contributed by atoms with Gasteiger partial charge in [-0.25, -0.2) is 4.39 Å². The summed E-state index contributed by atoms with van der Waals surface area (Å²) in [6.07, 6.45) is 0. The van der Waals surface area contributed by atoms with Crippen molar-refractivity contribution < 1.29 is 9.13 Å². The molecule has 1 rings (SSSR count). The zero-order valence-corrected chi connectivity index (χ0v) is 7.46. The second-order valence-corrected chi connectivity index (χ2v) is 2.84. The van der Waals surface area contributed by atoms with Gasteiger partial charge in [-0.15, -0.1) is 0 Å². The normalized spacial score (nSPS) is 12.8. The third-order valence-electron chi connectivity index (χ3n) is 1.77. The maximum Gasteiger partial charge on any atom is 0.130 e. The van der Waals surface area contributed by atoms with Gasteiger partial charge in [0.05, 0.1) is 12.6 Å². The van der Waals surface area contributed by atoms with E-state index in [0.717, 1.165) is 0 Å². The highest BCUT2D eigenvalue weighted by molar-refractivity contribution is 5.41. The van der Waals surface area contributed by atoms with E-state index in [4.69, 9.17) is 16.2 Å². The maximum atomic E-state index is 13.2. The largest absolute Gasteiger partial charge is 0.399 e. The third-order valence-corrected chi connectivity index (χ3v) is 1.77. The molecule has 1 aromatic carbocycles. The lowest BCUT2D eigenvalue weighted by Gasteiger charge is -2.11. The van der Waals surface area contributed by atoms with Gasteiger partial charge in [0.15, 0.2) is 0 Å². The minimum absolute atomic E-state index is 0.292. The van der Waals surface area contributed by atoms with Gasteiger partial charge in [0.2, 0.25) is 0 Å². The van der Waals surface area contributed by atoms with Crippen molar-refractivity contribution in [3.63, 3.8) is 0 Å². The number of rotatable bonds is 3. The molecule has 0 bridgehead atoms. The zero-order chi connectivity index (χ0) is 9.84. The topological polar surface area (TPSA) is 61.3 Å². The Labute approximate surface area is 76.5 Å². The summed E-state index contributed by atoms with van der Waals surface area (Å²) in [6, 6.07) is 4.01. The average Bonchev–Trinajstić information content (AvgIpc) is 2.04. The molecule has 0 spiro atoms. The minimum Gasteiger partial charge on any atom is -0.399 e. The van der Waals surface area contributed by atoms with Crippen molar-refractivity contribution in [1.29, 1.82) is 0 Å². The molecule has 72 valence electrons. The smallest absolute Gasteiger partial charge is 0.130 e. The van der Waals surface area contributed by atoms with Crippen LogP contribution in [0.25, 0.3) is 0 Å². The van der Waals surface area contributed by atoms with E-state index >= 15 is 0 Å². The molecule has 0 amide bonds. The molecule has 0 radical (unpaired) electrons. The van der Waals surface area contributed by atoms with Gasteiger partial charge in [-0.3, -0.25) is 0 Å². The summed E-state index contributed by atoms with van der Waals surface area (Å²) in [7, 11) is 1.52. The van der Waals surface area contributed by atoms with Crippen LogP contribution in [0.5, 0.6) is 0 Å². The van der Waals surface area contributed by atoms with Crippen LogP contribution < -0.4 is 11.5 Å². The Morgan fingerprint density at radius 1 is 1.54 bits per heavy atom. The van der Waals surface area contributed by atoms with Crippen molar-refractivity contribution in [2.75, 3.05) is 19.5 Å². The summed E-state index contributed by atoms with van der Waals surface area (Å²) in [6.45, 7) is 0.292. The van der Waals surface area contributed by atoms with E-state index in [1.165, 1.54) is 13.2 Å². The summed E-state index contributed by atoms with van der Waals surface area (Å²) in [4.78, 5) is 0. The van der Waals surface area contributed by atoms with E-state index < -0.39 is 6.04 Å². The molecule has 0 aromatic heterocycles. The zero-order valence-electron chi connectivity index (χ0n) is 7.46. The number of hydrogen-bond donors (Lipinski definition) is 2. The fourth-order valence-electron chi connectivity index (χ4n) is 1.11. The van der Waals surface area contributed by atoms with Crippen LogP contribution in [0.1, 0.15) is 11.6 Å². The van der Waals surface area contributed by atoms with Crippen molar-refractivity contribution in [3.05, 3.63) is 29.6 Å². The number of hydrogen-bond acceptors (Lipinski definition) is 3. The lowest BCUT2D eigenvalue weighted by atomic mass is 10.1. The van der Waals surface area contributed by atoms with Crippen LogP contribution in [0, 0.1) is 5.82 Å². The monoisotopic (exact) mass is 184 g/mol. The lowest BCUT2D eigenvalue weighted by Crippen LogP contribution is -2.17. The molecule has 0 saturated carbocycles. The standard InChI is InChI=1S/C9H13FN2O/c1-13-5-9(12)7-3-2-6(11)4-8(7)10/h2-4,9H,5,11-12H2,1H3. The van der Waals surface area contributed by atoms with Crippen molar-refractivity contribution in [1.82, 2.24) is 0 Å². The Kier molecular flexibility index (Phi) is 3.22. The van der Waals surface area contributed by atoms with Gasteiger partial charge < -0.3 is 16.2 Å². The van der Waals surface area contributed by atoms with E-state index in [1.807, 2.05) is 0 Å². The first-order valence-electron chi connectivity index (χ1n) is 3.94. The number of nitrogens with two attached hydrogens (primary N) is 2. The van der Waals surface area contributed by atoms with E-state index in [9.17, 15) is 4.39 Å². The number of anilines is 1. The van der Waals surface area contributed by atoms with E-state index in [1.54, 1.807) is 12.1 Å². The second kappa shape index (κ2) is 4.20. The molecule has 0 fully saturated rings. The Morgan fingerprint density at radius 3 is 2.77 bits per heavy atom. The Balaban J connectivity index is 2.88. The molecule has 4 N–H and O–H groups in total. The SMILES string of the molecule is COCC(N)c1ccc(N)cc1F. The van der Waals surface area contributed by atoms with Crippen LogP contribution in [-0.4, -0.2) is 13.7 Å². The van der Waals surface area contributed by atoms with Gasteiger partial charge in [0.25, 0.3) is 0 Å². The van der Waals surface area contributed by atoms with Crippen molar-refractivity contribution in [2.24, 2.45) is 5.73 Å². The van der Waals surface area contributed by atoms with Gasteiger partial charge in [-0.2, -0.15) is 0 Å². The highest BCUT2D eigenvalue weighted by atomic mass is 19.1. The van der Waals surface area contributed by atoms with Crippen molar-refractivity contribution in [2.45, 2.75) is 6.04 Å². The molecule has 0 aliphatic heterocycles. The number of halogens is 1. The second-order valence-electron chi connectivity index (χ2n) is 2.84. The average molecular weight is 184 g/mol. The first kappa shape index (κ1) is 9.95. The van der Waals surface area contributed by atoms with E-state index in [2.05, 4.69) is 0 Å². The van der Waals surface area contributed by atoms with Crippen LogP contribution in [0.2, 0.25) is 0 Å². The molecule has 1 unspecified atom stereocenters. The van der Waals surface area contributed by atoms with E-state index in [-0.39, 0.29) is 5.82 Å². The highest BCUT2D eigenvalue weighted by Gasteiger charge is 2.10. The minimum atomic E-state index is -0.439. The fraction of sp³-hybridized carbons (Fsp3) is 0.333. The molecule has 4 heteroatoms.